The van der Waals surface area contributed by atoms with Crippen LogP contribution < -0.4 is 5.73 Å². The number of nitrogens with two attached hydrogens (primary N) is 1. The molecule has 0 aliphatic heterocycles. The van der Waals surface area contributed by atoms with Crippen molar-refractivity contribution in [1.29, 1.82) is 0 Å². The quantitative estimate of drug-likeness (QED) is 0.461. The van der Waals surface area contributed by atoms with E-state index in [1.165, 1.54) is 6.42 Å². The Morgan fingerprint density at radius 1 is 1.25 bits per heavy atom. The minimum absolute atomic E-state index is 0.187. The van der Waals surface area contributed by atoms with Gasteiger partial charge < -0.3 is 5.73 Å². The summed E-state index contributed by atoms with van der Waals surface area (Å²) in [5.74, 6) is -0.187. The molecule has 0 bridgehead atoms. The lowest BCUT2D eigenvalue weighted by Crippen LogP contribution is -2.09. The standard InChI is InChI=1S/C10H19NO/c1-2-3-4-5-6-7-8-9-10(11)12/h4-5H,2-3,6-9H2,1H3,(H2,11,12). The number of amides is 1. The normalized spacial score (nSPS) is 10.8. The van der Waals surface area contributed by atoms with Crippen LogP contribution in [0.5, 0.6) is 0 Å². The molecule has 0 atom stereocenters. The summed E-state index contributed by atoms with van der Waals surface area (Å²) in [5.41, 5.74) is 5.00. The molecule has 2 nitrogen and oxygen atoms in total. The average Bonchev–Trinajstić information content (AvgIpc) is 2.02. The maximum atomic E-state index is 10.3. The zero-order valence-corrected chi connectivity index (χ0v) is 7.88. The summed E-state index contributed by atoms with van der Waals surface area (Å²) in [7, 11) is 0. The van der Waals surface area contributed by atoms with Crippen molar-refractivity contribution in [2.24, 2.45) is 5.73 Å². The van der Waals surface area contributed by atoms with E-state index in [0.29, 0.717) is 6.42 Å². The summed E-state index contributed by atoms with van der Waals surface area (Å²) in [6, 6.07) is 0. The van der Waals surface area contributed by atoms with Crippen molar-refractivity contribution in [3.8, 4) is 0 Å². The third-order valence-corrected chi connectivity index (χ3v) is 1.67. The molecule has 0 saturated heterocycles. The third kappa shape index (κ3) is 9.21. The van der Waals surface area contributed by atoms with E-state index in [1.807, 2.05) is 0 Å². The molecular weight excluding hydrogens is 150 g/mol. The fraction of sp³-hybridized carbons (Fsp3) is 0.700. The molecule has 0 radical (unpaired) electrons. The molecule has 0 aliphatic carbocycles. The average molecular weight is 169 g/mol. The van der Waals surface area contributed by atoms with Gasteiger partial charge in [0.25, 0.3) is 0 Å². The highest BCUT2D eigenvalue weighted by atomic mass is 16.1. The van der Waals surface area contributed by atoms with E-state index in [0.717, 1.165) is 25.7 Å². The molecule has 70 valence electrons. The summed E-state index contributed by atoms with van der Waals surface area (Å²) in [6.07, 6.45) is 10.4. The van der Waals surface area contributed by atoms with Gasteiger partial charge >= 0.3 is 0 Å². The minimum atomic E-state index is -0.187. The molecule has 12 heavy (non-hydrogen) atoms. The molecule has 1 amide bonds. The molecule has 2 heteroatoms. The van der Waals surface area contributed by atoms with Crippen LogP contribution in [-0.4, -0.2) is 5.91 Å². The number of allylic oxidation sites excluding steroid dienone is 2. The molecular formula is C10H19NO. The maximum absolute atomic E-state index is 10.3. The molecule has 0 aromatic carbocycles. The predicted molar refractivity (Wildman–Crippen MR) is 51.7 cm³/mol. The molecule has 0 spiro atoms. The molecule has 0 unspecified atom stereocenters. The van der Waals surface area contributed by atoms with E-state index in [4.69, 9.17) is 5.73 Å². The summed E-state index contributed by atoms with van der Waals surface area (Å²) in [5, 5.41) is 0. The lowest BCUT2D eigenvalue weighted by molar-refractivity contribution is -0.118. The molecule has 0 aromatic rings. The summed E-state index contributed by atoms with van der Waals surface area (Å²) in [6.45, 7) is 2.16. The second-order valence-corrected chi connectivity index (χ2v) is 2.97. The first-order chi connectivity index (χ1) is 5.77. The molecule has 0 fully saturated rings. The molecule has 2 N–H and O–H groups in total. The molecule has 0 aromatic heterocycles. The van der Waals surface area contributed by atoms with E-state index in [1.54, 1.807) is 0 Å². The van der Waals surface area contributed by atoms with Crippen LogP contribution in [0.25, 0.3) is 0 Å². The van der Waals surface area contributed by atoms with Crippen LogP contribution in [0.4, 0.5) is 0 Å². The first-order valence-electron chi connectivity index (χ1n) is 4.70. The lowest BCUT2D eigenvalue weighted by atomic mass is 10.1. The van der Waals surface area contributed by atoms with Crippen molar-refractivity contribution in [3.05, 3.63) is 12.2 Å². The monoisotopic (exact) mass is 169 g/mol. The van der Waals surface area contributed by atoms with Gasteiger partial charge in [0.05, 0.1) is 0 Å². The highest BCUT2D eigenvalue weighted by Crippen LogP contribution is 2.01. The number of primary amides is 1. The van der Waals surface area contributed by atoms with Crippen LogP contribution in [0.1, 0.15) is 45.4 Å². The van der Waals surface area contributed by atoms with Gasteiger partial charge in [-0.3, -0.25) is 4.79 Å². The van der Waals surface area contributed by atoms with Crippen molar-refractivity contribution in [1.82, 2.24) is 0 Å². The largest absolute Gasteiger partial charge is 0.370 e. The number of unbranched alkanes of at least 4 members (excludes halogenated alkanes) is 3. The Morgan fingerprint density at radius 2 is 1.92 bits per heavy atom. The summed E-state index contributed by atoms with van der Waals surface area (Å²) < 4.78 is 0. The van der Waals surface area contributed by atoms with Crippen LogP contribution in [0.2, 0.25) is 0 Å². The molecule has 0 rings (SSSR count). The lowest BCUT2D eigenvalue weighted by Gasteiger charge is -1.93. The minimum Gasteiger partial charge on any atom is -0.370 e. The van der Waals surface area contributed by atoms with E-state index in [-0.39, 0.29) is 5.91 Å². The fourth-order valence-corrected chi connectivity index (χ4v) is 0.964. The summed E-state index contributed by atoms with van der Waals surface area (Å²) >= 11 is 0. The Morgan fingerprint density at radius 3 is 2.50 bits per heavy atom. The van der Waals surface area contributed by atoms with Gasteiger partial charge in [-0.05, 0) is 25.7 Å². The number of carbonyl (C=O) groups is 1. The first kappa shape index (κ1) is 11.2. The Bertz CT molecular complexity index is 141. The summed E-state index contributed by atoms with van der Waals surface area (Å²) in [4.78, 5) is 10.3. The first-order valence-corrected chi connectivity index (χ1v) is 4.70. The van der Waals surface area contributed by atoms with Crippen molar-refractivity contribution in [2.75, 3.05) is 0 Å². The number of hydrogen-bond donors (Lipinski definition) is 1. The second-order valence-electron chi connectivity index (χ2n) is 2.97. The van der Waals surface area contributed by atoms with Crippen molar-refractivity contribution in [2.45, 2.75) is 45.4 Å². The topological polar surface area (TPSA) is 43.1 Å². The highest BCUT2D eigenvalue weighted by Gasteiger charge is 1.91. The Balaban J connectivity index is 3.05. The SMILES string of the molecule is CCCC=CCCCCC(N)=O. The zero-order chi connectivity index (χ0) is 9.23. The van der Waals surface area contributed by atoms with Crippen molar-refractivity contribution >= 4 is 5.91 Å². The predicted octanol–water partition coefficient (Wildman–Crippen LogP) is 2.39. The molecule has 0 heterocycles. The third-order valence-electron chi connectivity index (χ3n) is 1.67. The number of hydrogen-bond acceptors (Lipinski definition) is 1. The van der Waals surface area contributed by atoms with Gasteiger partial charge in [-0.1, -0.05) is 25.5 Å². The van der Waals surface area contributed by atoms with Gasteiger partial charge in [0.15, 0.2) is 0 Å². The van der Waals surface area contributed by atoms with E-state index < -0.39 is 0 Å². The number of carbonyl (C=O) groups excluding carboxylic acids is 1. The molecule has 0 saturated carbocycles. The highest BCUT2D eigenvalue weighted by molar-refractivity contribution is 5.73. The van der Waals surface area contributed by atoms with Gasteiger partial charge in [-0.25, -0.2) is 0 Å². The van der Waals surface area contributed by atoms with E-state index >= 15 is 0 Å². The smallest absolute Gasteiger partial charge is 0.217 e. The van der Waals surface area contributed by atoms with Gasteiger partial charge in [-0.2, -0.15) is 0 Å². The van der Waals surface area contributed by atoms with Gasteiger partial charge in [0.1, 0.15) is 0 Å². The Kier molecular flexibility index (Phi) is 7.76. The van der Waals surface area contributed by atoms with E-state index in [9.17, 15) is 4.79 Å². The second kappa shape index (κ2) is 8.31. The van der Waals surface area contributed by atoms with Gasteiger partial charge in [0, 0.05) is 6.42 Å². The van der Waals surface area contributed by atoms with Crippen molar-refractivity contribution < 1.29 is 4.79 Å². The Hall–Kier alpha value is -0.790. The maximum Gasteiger partial charge on any atom is 0.217 e. The van der Waals surface area contributed by atoms with Gasteiger partial charge in [0.2, 0.25) is 5.91 Å². The van der Waals surface area contributed by atoms with Crippen LogP contribution in [-0.2, 0) is 4.79 Å². The van der Waals surface area contributed by atoms with Crippen LogP contribution in [0.3, 0.4) is 0 Å². The molecule has 0 aliphatic rings. The van der Waals surface area contributed by atoms with Crippen LogP contribution in [0.15, 0.2) is 12.2 Å². The van der Waals surface area contributed by atoms with Gasteiger partial charge in [-0.15, -0.1) is 0 Å². The van der Waals surface area contributed by atoms with Crippen molar-refractivity contribution in [3.63, 3.8) is 0 Å². The number of rotatable bonds is 7. The van der Waals surface area contributed by atoms with E-state index in [2.05, 4.69) is 19.1 Å². The van der Waals surface area contributed by atoms with Crippen LogP contribution >= 0.6 is 0 Å². The van der Waals surface area contributed by atoms with Crippen LogP contribution in [0, 0.1) is 0 Å². The zero-order valence-electron chi connectivity index (χ0n) is 7.88. The fourth-order valence-electron chi connectivity index (χ4n) is 0.964. The Labute approximate surface area is 74.8 Å².